The van der Waals surface area contributed by atoms with E-state index >= 15 is 0 Å². The Morgan fingerprint density at radius 2 is 2.14 bits per heavy atom. The van der Waals surface area contributed by atoms with Crippen LogP contribution < -0.4 is 10.6 Å². The lowest BCUT2D eigenvalue weighted by atomic mass is 10.1. The van der Waals surface area contributed by atoms with Crippen LogP contribution in [0.1, 0.15) is 22.3 Å². The average molecular weight is 315 g/mol. The van der Waals surface area contributed by atoms with Gasteiger partial charge in [-0.05, 0) is 37.1 Å². The third-order valence-corrected chi connectivity index (χ3v) is 3.32. The summed E-state index contributed by atoms with van der Waals surface area (Å²) < 4.78 is 4.67. The fourth-order valence-electron chi connectivity index (χ4n) is 2.23. The molecule has 2 atom stereocenters. The molecule has 6 nitrogen and oxygen atoms in total. The molecule has 0 spiro atoms. The van der Waals surface area contributed by atoms with Gasteiger partial charge >= 0.3 is 5.97 Å². The fraction of sp³-hybridized carbons (Fsp3) is 0.429. The van der Waals surface area contributed by atoms with Crippen molar-refractivity contribution >= 4 is 30.0 Å². The van der Waals surface area contributed by atoms with Crippen molar-refractivity contribution in [1.29, 1.82) is 0 Å². The molecule has 0 bridgehead atoms. The van der Waals surface area contributed by atoms with Crippen molar-refractivity contribution in [2.75, 3.05) is 19.0 Å². The topological polar surface area (TPSA) is 87.7 Å². The summed E-state index contributed by atoms with van der Waals surface area (Å²) in [6.45, 7) is 2.21. The molecule has 2 unspecified atom stereocenters. The third-order valence-electron chi connectivity index (χ3n) is 3.32. The molecule has 1 heterocycles. The van der Waals surface area contributed by atoms with E-state index in [1.807, 2.05) is 0 Å². The van der Waals surface area contributed by atoms with Gasteiger partial charge in [0.25, 0.3) is 0 Å². The van der Waals surface area contributed by atoms with Gasteiger partial charge in [-0.25, -0.2) is 4.79 Å². The Balaban J connectivity index is 0.00000220. The van der Waals surface area contributed by atoms with Crippen LogP contribution in [0, 0.1) is 6.92 Å². The Kier molecular flexibility index (Phi) is 6.14. The number of rotatable bonds is 3. The second-order valence-corrected chi connectivity index (χ2v) is 4.86. The maximum absolute atomic E-state index is 12.0. The largest absolute Gasteiger partial charge is 0.465 e. The summed E-state index contributed by atoms with van der Waals surface area (Å²) in [6, 6.07) is 4.61. The zero-order valence-corrected chi connectivity index (χ0v) is 12.7. The minimum Gasteiger partial charge on any atom is -0.465 e. The minimum atomic E-state index is -0.478. The van der Waals surface area contributed by atoms with Crippen LogP contribution in [0.3, 0.4) is 0 Å². The van der Waals surface area contributed by atoms with Gasteiger partial charge in [0.15, 0.2) is 0 Å². The van der Waals surface area contributed by atoms with Crippen molar-refractivity contribution in [3.63, 3.8) is 0 Å². The molecule has 0 aliphatic carbocycles. The van der Waals surface area contributed by atoms with Gasteiger partial charge in [-0.2, -0.15) is 0 Å². The molecule has 1 saturated heterocycles. The quantitative estimate of drug-likeness (QED) is 0.720. The van der Waals surface area contributed by atoms with Crippen molar-refractivity contribution in [1.82, 2.24) is 5.32 Å². The number of hydrogen-bond donors (Lipinski definition) is 3. The summed E-state index contributed by atoms with van der Waals surface area (Å²) >= 11 is 0. The van der Waals surface area contributed by atoms with Crippen LogP contribution in [0.2, 0.25) is 0 Å². The number of aliphatic hydroxyl groups is 1. The van der Waals surface area contributed by atoms with Gasteiger partial charge in [0.1, 0.15) is 0 Å². The number of hydrogen-bond acceptors (Lipinski definition) is 5. The van der Waals surface area contributed by atoms with E-state index in [1.165, 1.54) is 7.11 Å². The van der Waals surface area contributed by atoms with Crippen LogP contribution >= 0.6 is 12.4 Å². The average Bonchev–Trinajstić information content (AvgIpc) is 2.85. The van der Waals surface area contributed by atoms with Gasteiger partial charge in [0.05, 0.1) is 24.8 Å². The van der Waals surface area contributed by atoms with Crippen LogP contribution in [0.5, 0.6) is 0 Å². The summed E-state index contributed by atoms with van der Waals surface area (Å²) in [7, 11) is 1.33. The highest BCUT2D eigenvalue weighted by Gasteiger charge is 2.28. The highest BCUT2D eigenvalue weighted by atomic mass is 35.5. The lowest BCUT2D eigenvalue weighted by Crippen LogP contribution is -2.35. The normalized spacial score (nSPS) is 20.5. The number of amides is 1. The van der Waals surface area contributed by atoms with E-state index < -0.39 is 12.1 Å². The number of anilines is 1. The monoisotopic (exact) mass is 314 g/mol. The predicted molar refractivity (Wildman–Crippen MR) is 80.8 cm³/mol. The van der Waals surface area contributed by atoms with E-state index in [1.54, 1.807) is 25.1 Å². The van der Waals surface area contributed by atoms with Gasteiger partial charge in [0.2, 0.25) is 5.91 Å². The first-order chi connectivity index (χ1) is 9.51. The molecule has 0 radical (unpaired) electrons. The number of benzene rings is 1. The van der Waals surface area contributed by atoms with Gasteiger partial charge < -0.3 is 20.5 Å². The molecule has 1 aliphatic rings. The molecule has 0 saturated carbocycles. The molecular formula is C14H19ClN2O4. The Morgan fingerprint density at radius 1 is 1.43 bits per heavy atom. The molecule has 1 aromatic rings. The Labute approximate surface area is 129 Å². The number of β-amino-alcohol motifs (C(OH)–C–C–N with tert-alkyl or cyclic N) is 1. The maximum atomic E-state index is 12.0. The SMILES string of the molecule is COC(=O)c1ccc(NC(=O)C2CC(O)CN2)cc1C.Cl. The van der Waals surface area contributed by atoms with Crippen molar-refractivity contribution < 1.29 is 19.4 Å². The van der Waals surface area contributed by atoms with Crippen LogP contribution in [0.15, 0.2) is 18.2 Å². The second-order valence-electron chi connectivity index (χ2n) is 4.86. The predicted octanol–water partition coefficient (Wildman–Crippen LogP) is 0.865. The molecule has 3 N–H and O–H groups in total. The van der Waals surface area contributed by atoms with Crippen molar-refractivity contribution in [2.24, 2.45) is 0 Å². The molecular weight excluding hydrogens is 296 g/mol. The first-order valence-corrected chi connectivity index (χ1v) is 6.42. The molecule has 21 heavy (non-hydrogen) atoms. The first kappa shape index (κ1) is 17.4. The highest BCUT2D eigenvalue weighted by molar-refractivity contribution is 5.96. The van der Waals surface area contributed by atoms with Gasteiger partial charge in [-0.1, -0.05) is 0 Å². The van der Waals surface area contributed by atoms with Crippen LogP contribution in [-0.2, 0) is 9.53 Å². The highest BCUT2D eigenvalue weighted by Crippen LogP contribution is 2.17. The molecule has 1 fully saturated rings. The smallest absolute Gasteiger partial charge is 0.338 e. The van der Waals surface area contributed by atoms with Crippen molar-refractivity contribution in [3.05, 3.63) is 29.3 Å². The molecule has 1 amide bonds. The summed E-state index contributed by atoms with van der Waals surface area (Å²) in [5.41, 5.74) is 1.82. The van der Waals surface area contributed by atoms with E-state index in [2.05, 4.69) is 15.4 Å². The number of methoxy groups -OCH3 is 1. The Bertz CT molecular complexity index is 536. The fourth-order valence-corrected chi connectivity index (χ4v) is 2.23. The number of esters is 1. The molecule has 1 aliphatic heterocycles. The molecule has 7 heteroatoms. The number of aliphatic hydroxyl groups excluding tert-OH is 1. The molecule has 116 valence electrons. The zero-order valence-electron chi connectivity index (χ0n) is 11.9. The van der Waals surface area contributed by atoms with Crippen LogP contribution in [0.4, 0.5) is 5.69 Å². The first-order valence-electron chi connectivity index (χ1n) is 6.42. The summed E-state index contributed by atoms with van der Waals surface area (Å²) in [5.74, 6) is -0.590. The van der Waals surface area contributed by atoms with Crippen LogP contribution in [0.25, 0.3) is 0 Å². The number of nitrogens with one attached hydrogen (secondary N) is 2. The molecule has 0 aromatic heterocycles. The number of carbonyl (C=O) groups excluding carboxylic acids is 2. The van der Waals surface area contributed by atoms with E-state index in [4.69, 9.17) is 0 Å². The van der Waals surface area contributed by atoms with Crippen LogP contribution in [-0.4, -0.2) is 42.8 Å². The van der Waals surface area contributed by atoms with E-state index in [9.17, 15) is 14.7 Å². The van der Waals surface area contributed by atoms with E-state index in [0.29, 0.717) is 24.2 Å². The van der Waals surface area contributed by atoms with Gasteiger partial charge in [-0.3, -0.25) is 4.79 Å². The maximum Gasteiger partial charge on any atom is 0.338 e. The molecule has 1 aromatic carbocycles. The van der Waals surface area contributed by atoms with E-state index in [0.717, 1.165) is 5.56 Å². The molecule has 2 rings (SSSR count). The lowest BCUT2D eigenvalue weighted by molar-refractivity contribution is -0.117. The standard InChI is InChI=1S/C14H18N2O4.ClH/c1-8-5-9(3-4-11(8)14(19)20-2)16-13(18)12-6-10(17)7-15-12;/h3-5,10,12,15,17H,6-7H2,1-2H3,(H,16,18);1H. The number of aryl methyl sites for hydroxylation is 1. The van der Waals surface area contributed by atoms with E-state index in [-0.39, 0.29) is 24.4 Å². The minimum absolute atomic E-state index is 0. The van der Waals surface area contributed by atoms with Gasteiger partial charge in [-0.15, -0.1) is 12.4 Å². The lowest BCUT2D eigenvalue weighted by Gasteiger charge is -2.12. The summed E-state index contributed by atoms with van der Waals surface area (Å²) in [6.07, 6.45) is -0.0698. The van der Waals surface area contributed by atoms with Gasteiger partial charge in [0, 0.05) is 12.2 Å². The zero-order chi connectivity index (χ0) is 14.7. The number of carbonyl (C=O) groups is 2. The summed E-state index contributed by atoms with van der Waals surface area (Å²) in [5, 5.41) is 15.1. The Hall–Kier alpha value is -1.63. The Morgan fingerprint density at radius 3 is 2.67 bits per heavy atom. The number of ether oxygens (including phenoxy) is 1. The second kappa shape index (κ2) is 7.40. The summed E-state index contributed by atoms with van der Waals surface area (Å²) in [4.78, 5) is 23.4. The van der Waals surface area contributed by atoms with Crippen molar-refractivity contribution in [3.8, 4) is 0 Å². The number of halogens is 1. The van der Waals surface area contributed by atoms with Crippen molar-refractivity contribution in [2.45, 2.75) is 25.5 Å². The third kappa shape index (κ3) is 4.17.